The van der Waals surface area contributed by atoms with Crippen LogP contribution in [0.2, 0.25) is 0 Å². The summed E-state index contributed by atoms with van der Waals surface area (Å²) in [4.78, 5) is 24.0. The summed E-state index contributed by atoms with van der Waals surface area (Å²) in [6, 6.07) is 5.07. The van der Waals surface area contributed by atoms with Gasteiger partial charge in [0.2, 0.25) is 0 Å². The van der Waals surface area contributed by atoms with Crippen molar-refractivity contribution in [2.24, 2.45) is 0 Å². The van der Waals surface area contributed by atoms with Crippen LogP contribution in [-0.4, -0.2) is 40.6 Å². The summed E-state index contributed by atoms with van der Waals surface area (Å²) in [7, 11) is 1.61. The Balaban J connectivity index is 2.02. The molecule has 9 heteroatoms. The van der Waals surface area contributed by atoms with E-state index in [-0.39, 0.29) is 23.2 Å². The summed E-state index contributed by atoms with van der Waals surface area (Å²) < 4.78 is 5.05. The number of carbonyl (C=O) groups excluding carboxylic acids is 1. The van der Waals surface area contributed by atoms with Gasteiger partial charge in [-0.25, -0.2) is 9.97 Å². The standard InChI is InChI=1S/C14H19N7O2/c1-9(7-23-2)19-12-11(15)13(18-8-17-12)20-21-14(22)10-5-3-4-6-16-10/h3-6,8-9H,7,15H2,1-2H3,(H,21,22)(H2,17,18,19,20). The van der Waals surface area contributed by atoms with Crippen LogP contribution in [0.25, 0.3) is 0 Å². The molecule has 0 saturated heterocycles. The maximum atomic E-state index is 11.9. The van der Waals surface area contributed by atoms with Gasteiger partial charge in [-0.05, 0) is 19.1 Å². The molecule has 0 aliphatic heterocycles. The van der Waals surface area contributed by atoms with E-state index in [1.54, 1.807) is 25.3 Å². The molecule has 2 aromatic rings. The highest BCUT2D eigenvalue weighted by Crippen LogP contribution is 2.22. The number of carbonyl (C=O) groups is 1. The maximum Gasteiger partial charge on any atom is 0.288 e. The van der Waals surface area contributed by atoms with Crippen molar-refractivity contribution in [2.45, 2.75) is 13.0 Å². The summed E-state index contributed by atoms with van der Waals surface area (Å²) in [5.74, 6) is 0.349. The molecule has 0 fully saturated rings. The molecule has 122 valence electrons. The minimum atomic E-state index is -0.397. The van der Waals surface area contributed by atoms with Crippen LogP contribution in [0.3, 0.4) is 0 Å². The number of nitrogens with zero attached hydrogens (tertiary/aromatic N) is 3. The van der Waals surface area contributed by atoms with Crippen LogP contribution in [0.1, 0.15) is 17.4 Å². The fraction of sp³-hybridized carbons (Fsp3) is 0.286. The molecule has 0 spiro atoms. The van der Waals surface area contributed by atoms with Crippen LogP contribution >= 0.6 is 0 Å². The van der Waals surface area contributed by atoms with Crippen LogP contribution in [0.4, 0.5) is 17.3 Å². The van der Waals surface area contributed by atoms with Crippen molar-refractivity contribution in [3.8, 4) is 0 Å². The third-order valence-corrected chi connectivity index (χ3v) is 2.88. The zero-order valence-corrected chi connectivity index (χ0v) is 12.9. The molecule has 1 atom stereocenters. The van der Waals surface area contributed by atoms with Gasteiger partial charge in [-0.1, -0.05) is 6.07 Å². The lowest BCUT2D eigenvalue weighted by molar-refractivity contribution is 0.0957. The Morgan fingerprint density at radius 3 is 2.78 bits per heavy atom. The number of rotatable bonds is 7. The molecule has 5 N–H and O–H groups in total. The summed E-state index contributed by atoms with van der Waals surface area (Å²) in [6.45, 7) is 2.43. The smallest absolute Gasteiger partial charge is 0.288 e. The van der Waals surface area contributed by atoms with Crippen LogP contribution < -0.4 is 21.9 Å². The van der Waals surface area contributed by atoms with E-state index in [2.05, 4.69) is 31.1 Å². The van der Waals surface area contributed by atoms with Crippen molar-refractivity contribution in [3.63, 3.8) is 0 Å². The van der Waals surface area contributed by atoms with Gasteiger partial charge in [-0.15, -0.1) is 0 Å². The minimum absolute atomic E-state index is 0.0214. The van der Waals surface area contributed by atoms with Gasteiger partial charge < -0.3 is 15.8 Å². The second kappa shape index (κ2) is 7.90. The van der Waals surface area contributed by atoms with Crippen molar-refractivity contribution in [1.82, 2.24) is 20.4 Å². The predicted molar refractivity (Wildman–Crippen MR) is 86.7 cm³/mol. The van der Waals surface area contributed by atoms with Crippen molar-refractivity contribution < 1.29 is 9.53 Å². The Hall–Kier alpha value is -2.94. The second-order valence-electron chi connectivity index (χ2n) is 4.78. The number of nitrogens with two attached hydrogens (primary N) is 1. The Labute approximate surface area is 133 Å². The molecule has 0 aliphatic rings. The fourth-order valence-electron chi connectivity index (χ4n) is 1.81. The molecule has 0 aliphatic carbocycles. The second-order valence-corrected chi connectivity index (χ2v) is 4.78. The third kappa shape index (κ3) is 4.51. The van der Waals surface area contributed by atoms with Gasteiger partial charge in [-0.2, -0.15) is 0 Å². The average molecular weight is 317 g/mol. The van der Waals surface area contributed by atoms with Crippen LogP contribution in [-0.2, 0) is 4.74 Å². The van der Waals surface area contributed by atoms with Gasteiger partial charge in [0.1, 0.15) is 17.7 Å². The SMILES string of the molecule is COCC(C)Nc1ncnc(NNC(=O)c2ccccn2)c1N. The molecule has 23 heavy (non-hydrogen) atoms. The van der Waals surface area contributed by atoms with Crippen LogP contribution in [0.15, 0.2) is 30.7 Å². The quantitative estimate of drug-likeness (QED) is 0.548. The van der Waals surface area contributed by atoms with Crippen molar-refractivity contribution in [1.29, 1.82) is 0 Å². The number of nitrogens with one attached hydrogen (secondary N) is 3. The van der Waals surface area contributed by atoms with E-state index in [1.807, 2.05) is 6.92 Å². The molecule has 2 heterocycles. The molecule has 2 rings (SSSR count). The number of hydrogen-bond donors (Lipinski definition) is 4. The number of anilines is 3. The highest BCUT2D eigenvalue weighted by atomic mass is 16.5. The van der Waals surface area contributed by atoms with Crippen LogP contribution in [0.5, 0.6) is 0 Å². The Morgan fingerprint density at radius 2 is 2.09 bits per heavy atom. The number of hydrazine groups is 1. The first kappa shape index (κ1) is 16.4. The first-order chi connectivity index (χ1) is 11.1. The number of nitrogen functional groups attached to an aromatic ring is 1. The summed E-state index contributed by atoms with van der Waals surface area (Å²) in [6.07, 6.45) is 2.88. The van der Waals surface area contributed by atoms with E-state index in [1.165, 1.54) is 12.5 Å². The predicted octanol–water partition coefficient (Wildman–Crippen LogP) is 0.657. The number of hydrogen-bond acceptors (Lipinski definition) is 8. The lowest BCUT2D eigenvalue weighted by atomic mass is 10.3. The highest BCUT2D eigenvalue weighted by Gasteiger charge is 2.12. The molecule has 0 saturated carbocycles. The molecule has 0 aromatic carbocycles. The van der Waals surface area contributed by atoms with Gasteiger partial charge in [0.15, 0.2) is 11.6 Å². The van der Waals surface area contributed by atoms with E-state index in [0.29, 0.717) is 12.4 Å². The number of pyridine rings is 1. The molecular formula is C14H19N7O2. The number of amides is 1. The first-order valence-corrected chi connectivity index (χ1v) is 6.95. The monoisotopic (exact) mass is 317 g/mol. The van der Waals surface area contributed by atoms with Crippen molar-refractivity contribution in [3.05, 3.63) is 36.4 Å². The minimum Gasteiger partial charge on any atom is -0.393 e. The van der Waals surface area contributed by atoms with E-state index in [9.17, 15) is 4.79 Å². The van der Waals surface area contributed by atoms with E-state index in [4.69, 9.17) is 10.5 Å². The Morgan fingerprint density at radius 1 is 1.30 bits per heavy atom. The van der Waals surface area contributed by atoms with Gasteiger partial charge in [0, 0.05) is 19.3 Å². The third-order valence-electron chi connectivity index (χ3n) is 2.88. The normalized spacial score (nSPS) is 11.6. The lowest BCUT2D eigenvalue weighted by Crippen LogP contribution is -2.31. The fourth-order valence-corrected chi connectivity index (χ4v) is 1.81. The maximum absolute atomic E-state index is 11.9. The zero-order valence-electron chi connectivity index (χ0n) is 12.9. The molecule has 2 aromatic heterocycles. The molecule has 1 unspecified atom stereocenters. The molecular weight excluding hydrogens is 298 g/mol. The Kier molecular flexibility index (Phi) is 5.64. The molecule has 1 amide bonds. The van der Waals surface area contributed by atoms with Gasteiger partial charge in [0.05, 0.1) is 6.61 Å². The number of ether oxygens (including phenoxy) is 1. The zero-order chi connectivity index (χ0) is 16.7. The number of aromatic nitrogens is 3. The first-order valence-electron chi connectivity index (χ1n) is 6.95. The van der Waals surface area contributed by atoms with E-state index in [0.717, 1.165) is 0 Å². The van der Waals surface area contributed by atoms with E-state index >= 15 is 0 Å². The van der Waals surface area contributed by atoms with Crippen LogP contribution in [0, 0.1) is 0 Å². The molecule has 9 nitrogen and oxygen atoms in total. The van der Waals surface area contributed by atoms with Gasteiger partial charge in [-0.3, -0.25) is 20.6 Å². The van der Waals surface area contributed by atoms with Gasteiger partial charge >= 0.3 is 0 Å². The number of methoxy groups -OCH3 is 1. The summed E-state index contributed by atoms with van der Waals surface area (Å²) >= 11 is 0. The molecule has 0 radical (unpaired) electrons. The lowest BCUT2D eigenvalue weighted by Gasteiger charge is -2.16. The van der Waals surface area contributed by atoms with E-state index < -0.39 is 5.91 Å². The van der Waals surface area contributed by atoms with Gasteiger partial charge in [0.25, 0.3) is 5.91 Å². The Bertz CT molecular complexity index is 651. The largest absolute Gasteiger partial charge is 0.393 e. The molecule has 0 bridgehead atoms. The highest BCUT2D eigenvalue weighted by molar-refractivity contribution is 5.93. The van der Waals surface area contributed by atoms with Crippen molar-refractivity contribution >= 4 is 23.2 Å². The summed E-state index contributed by atoms with van der Waals surface area (Å²) in [5, 5.41) is 3.10. The summed E-state index contributed by atoms with van der Waals surface area (Å²) in [5.41, 5.74) is 11.7. The topological polar surface area (TPSA) is 127 Å². The average Bonchev–Trinajstić information content (AvgIpc) is 2.56. The van der Waals surface area contributed by atoms with Crippen molar-refractivity contribution in [2.75, 3.05) is 30.2 Å².